The highest BCUT2D eigenvalue weighted by Crippen LogP contribution is 2.37. The molecule has 3 N–H and O–H groups in total. The average Bonchev–Trinajstić information content (AvgIpc) is 2.29. The normalized spacial score (nSPS) is 25.9. The van der Waals surface area contributed by atoms with Crippen LogP contribution in [0.2, 0.25) is 0 Å². The van der Waals surface area contributed by atoms with Crippen molar-refractivity contribution in [1.29, 1.82) is 0 Å². The van der Waals surface area contributed by atoms with Gasteiger partial charge in [-0.2, -0.15) is 0 Å². The van der Waals surface area contributed by atoms with Crippen molar-refractivity contribution in [3.8, 4) is 5.75 Å². The number of aliphatic hydroxyl groups is 1. The fourth-order valence-electron chi connectivity index (χ4n) is 1.80. The maximum Gasteiger partial charge on any atom is 0.131 e. The first-order chi connectivity index (χ1) is 7.52. The molecule has 0 aromatic heterocycles. The van der Waals surface area contributed by atoms with Crippen molar-refractivity contribution >= 4 is 0 Å². The van der Waals surface area contributed by atoms with Gasteiger partial charge in [0.05, 0.1) is 6.04 Å². The van der Waals surface area contributed by atoms with E-state index in [1.165, 1.54) is 0 Å². The maximum absolute atomic E-state index is 9.90. The van der Waals surface area contributed by atoms with Crippen LogP contribution in [0.4, 0.5) is 0 Å². The van der Waals surface area contributed by atoms with Crippen molar-refractivity contribution < 1.29 is 9.84 Å². The van der Waals surface area contributed by atoms with Gasteiger partial charge in [-0.25, -0.2) is 0 Å². The first kappa shape index (κ1) is 13.0. The molecule has 0 saturated heterocycles. The van der Waals surface area contributed by atoms with Crippen LogP contribution in [0.1, 0.15) is 39.3 Å². The van der Waals surface area contributed by atoms with Gasteiger partial charge in [-0.1, -0.05) is 32.0 Å². The molecule has 3 heteroatoms. The number of aliphatic hydroxyl groups excluding tert-OH is 1. The number of rotatable bonds is 0. The maximum atomic E-state index is 9.90. The Kier molecular flexibility index (Phi) is 3.94. The van der Waals surface area contributed by atoms with Crippen LogP contribution in [0.3, 0.4) is 0 Å². The number of para-hydroxylation sites is 1. The lowest BCUT2D eigenvalue weighted by molar-refractivity contribution is -0.0571. The average molecular weight is 223 g/mol. The van der Waals surface area contributed by atoms with Crippen LogP contribution in [-0.2, 0) is 0 Å². The van der Waals surface area contributed by atoms with E-state index in [-0.39, 0.29) is 6.04 Å². The number of ether oxygens (including phenoxy) is 1. The Labute approximate surface area is 97.2 Å². The first-order valence-corrected chi connectivity index (χ1v) is 5.74. The number of hydrogen-bond acceptors (Lipinski definition) is 3. The highest BCUT2D eigenvalue weighted by molar-refractivity contribution is 5.39. The zero-order valence-electron chi connectivity index (χ0n) is 10.4. The van der Waals surface area contributed by atoms with Gasteiger partial charge in [-0.15, -0.1) is 0 Å². The van der Waals surface area contributed by atoms with Crippen LogP contribution >= 0.6 is 0 Å². The highest BCUT2D eigenvalue weighted by Gasteiger charge is 2.40. The Bertz CT molecular complexity index is 350. The summed E-state index contributed by atoms with van der Waals surface area (Å²) in [6.07, 6.45) is -0.669. The second-order valence-electron chi connectivity index (χ2n) is 4.21. The van der Waals surface area contributed by atoms with E-state index in [0.717, 1.165) is 11.3 Å². The molecule has 0 aliphatic carbocycles. The minimum absolute atomic E-state index is 0.366. The lowest BCUT2D eigenvalue weighted by Crippen LogP contribution is -2.51. The third kappa shape index (κ3) is 2.20. The van der Waals surface area contributed by atoms with Crippen LogP contribution in [0.5, 0.6) is 5.75 Å². The predicted molar refractivity (Wildman–Crippen MR) is 65.4 cm³/mol. The second-order valence-corrected chi connectivity index (χ2v) is 4.21. The zero-order valence-corrected chi connectivity index (χ0v) is 10.4. The van der Waals surface area contributed by atoms with Crippen molar-refractivity contribution in [1.82, 2.24) is 0 Å². The van der Waals surface area contributed by atoms with E-state index in [1.54, 1.807) is 0 Å². The summed E-state index contributed by atoms with van der Waals surface area (Å²) in [6, 6.07) is 7.20. The summed E-state index contributed by atoms with van der Waals surface area (Å²) in [6.45, 7) is 7.68. The van der Waals surface area contributed by atoms with E-state index in [4.69, 9.17) is 10.5 Å². The smallest absolute Gasteiger partial charge is 0.131 e. The molecule has 0 spiro atoms. The van der Waals surface area contributed by atoms with Crippen molar-refractivity contribution in [2.45, 2.75) is 45.4 Å². The first-order valence-electron chi connectivity index (χ1n) is 5.74. The van der Waals surface area contributed by atoms with Crippen LogP contribution < -0.4 is 10.5 Å². The minimum Gasteiger partial charge on any atom is -0.485 e. The Morgan fingerprint density at radius 1 is 1.25 bits per heavy atom. The number of nitrogens with two attached hydrogens (primary N) is 1. The summed E-state index contributed by atoms with van der Waals surface area (Å²) < 4.78 is 5.67. The van der Waals surface area contributed by atoms with E-state index in [1.807, 2.05) is 52.0 Å². The molecule has 2 unspecified atom stereocenters. The molecule has 0 bridgehead atoms. The fraction of sp³-hybridized carbons (Fsp3) is 0.538. The summed E-state index contributed by atoms with van der Waals surface area (Å²) in [5.41, 5.74) is 6.19. The number of hydrogen-bond donors (Lipinski definition) is 2. The molecule has 0 saturated carbocycles. The molecule has 16 heavy (non-hydrogen) atoms. The molecule has 1 aromatic rings. The van der Waals surface area contributed by atoms with Crippen molar-refractivity contribution in [3.63, 3.8) is 0 Å². The summed E-state index contributed by atoms with van der Waals surface area (Å²) in [5.74, 6) is 0.773. The molecule has 1 aliphatic rings. The van der Waals surface area contributed by atoms with Gasteiger partial charge in [0.2, 0.25) is 0 Å². The summed E-state index contributed by atoms with van der Waals surface area (Å²) in [7, 11) is 0. The Morgan fingerprint density at radius 2 is 1.81 bits per heavy atom. The Hall–Kier alpha value is -1.06. The van der Waals surface area contributed by atoms with E-state index in [9.17, 15) is 5.11 Å². The molecule has 90 valence electrons. The monoisotopic (exact) mass is 223 g/mol. The topological polar surface area (TPSA) is 55.5 Å². The predicted octanol–water partition coefficient (Wildman–Crippen LogP) is 2.24. The highest BCUT2D eigenvalue weighted by atomic mass is 16.5. The van der Waals surface area contributed by atoms with Crippen LogP contribution in [0.25, 0.3) is 0 Å². The van der Waals surface area contributed by atoms with Gasteiger partial charge in [0.1, 0.15) is 17.5 Å². The van der Waals surface area contributed by atoms with Gasteiger partial charge in [-0.3, -0.25) is 0 Å². The molecule has 1 aliphatic heterocycles. The third-order valence-electron chi connectivity index (χ3n) is 2.70. The van der Waals surface area contributed by atoms with Crippen LogP contribution in [-0.4, -0.2) is 16.8 Å². The van der Waals surface area contributed by atoms with Gasteiger partial charge in [0, 0.05) is 5.56 Å². The fourth-order valence-corrected chi connectivity index (χ4v) is 1.80. The molecule has 1 heterocycles. The number of fused-ring (bicyclic) bond motifs is 1. The second kappa shape index (κ2) is 4.85. The third-order valence-corrected chi connectivity index (χ3v) is 2.70. The minimum atomic E-state index is -0.669. The molecule has 3 nitrogen and oxygen atoms in total. The largest absolute Gasteiger partial charge is 0.485 e. The summed E-state index contributed by atoms with van der Waals surface area (Å²) in [5, 5.41) is 9.90. The van der Waals surface area contributed by atoms with E-state index in [0.29, 0.717) is 0 Å². The van der Waals surface area contributed by atoms with Gasteiger partial charge in [0.15, 0.2) is 0 Å². The number of benzene rings is 1. The standard InChI is InChI=1S/C11H15NO2.C2H6/c1-11(2)10(13)9(12)7-5-3-4-6-8(7)14-11;1-2/h3-6,9-10,13H,12H2,1-2H3;1-2H3. The molecule has 1 aromatic carbocycles. The lowest BCUT2D eigenvalue weighted by atomic mass is 9.87. The van der Waals surface area contributed by atoms with Gasteiger partial charge in [0.25, 0.3) is 0 Å². The van der Waals surface area contributed by atoms with Gasteiger partial charge < -0.3 is 15.6 Å². The van der Waals surface area contributed by atoms with Crippen molar-refractivity contribution in [2.24, 2.45) is 5.73 Å². The van der Waals surface area contributed by atoms with E-state index >= 15 is 0 Å². The SMILES string of the molecule is CC.CC1(C)Oc2ccccc2C(N)C1O. The van der Waals surface area contributed by atoms with Crippen molar-refractivity contribution in [3.05, 3.63) is 29.8 Å². The molecule has 2 atom stereocenters. The molecular weight excluding hydrogens is 202 g/mol. The van der Waals surface area contributed by atoms with E-state index < -0.39 is 11.7 Å². The summed E-state index contributed by atoms with van der Waals surface area (Å²) in [4.78, 5) is 0. The van der Waals surface area contributed by atoms with Gasteiger partial charge in [-0.05, 0) is 19.9 Å². The lowest BCUT2D eigenvalue weighted by Gasteiger charge is -2.40. The molecular formula is C13H21NO2. The van der Waals surface area contributed by atoms with Crippen LogP contribution in [0, 0.1) is 0 Å². The van der Waals surface area contributed by atoms with E-state index in [2.05, 4.69) is 0 Å². The quantitative estimate of drug-likeness (QED) is 0.709. The van der Waals surface area contributed by atoms with Gasteiger partial charge >= 0.3 is 0 Å². The zero-order chi connectivity index (χ0) is 12.3. The van der Waals surface area contributed by atoms with Crippen molar-refractivity contribution in [2.75, 3.05) is 0 Å². The molecule has 0 amide bonds. The Morgan fingerprint density at radius 3 is 2.44 bits per heavy atom. The molecule has 0 fully saturated rings. The molecule has 0 radical (unpaired) electrons. The summed E-state index contributed by atoms with van der Waals surface area (Å²) >= 11 is 0. The molecule has 2 rings (SSSR count). The van der Waals surface area contributed by atoms with Crippen LogP contribution in [0.15, 0.2) is 24.3 Å². The Balaban J connectivity index is 0.000000606.